The quantitative estimate of drug-likeness (QED) is 0.399. The number of rotatable bonds is 5. The minimum Gasteiger partial charge on any atom is -0.391 e. The van der Waals surface area contributed by atoms with Gasteiger partial charge in [-0.1, -0.05) is 36.4 Å². The summed E-state index contributed by atoms with van der Waals surface area (Å²) >= 11 is 2.87. The number of terminal acetylenes is 1. The van der Waals surface area contributed by atoms with E-state index in [9.17, 15) is 9.90 Å². The maximum Gasteiger partial charge on any atom is 0.321 e. The Hall–Kier alpha value is -3.25. The molecule has 4 aromatic rings. The first-order chi connectivity index (χ1) is 14.5. The molecule has 4 rings (SSSR count). The van der Waals surface area contributed by atoms with E-state index in [-0.39, 0.29) is 0 Å². The van der Waals surface area contributed by atoms with E-state index in [2.05, 4.69) is 32.6 Å². The van der Waals surface area contributed by atoms with Gasteiger partial charge in [0.25, 0.3) is 0 Å². The van der Waals surface area contributed by atoms with Gasteiger partial charge in [-0.3, -0.25) is 5.32 Å². The van der Waals surface area contributed by atoms with E-state index in [1.807, 2.05) is 41.9 Å². The highest BCUT2D eigenvalue weighted by Crippen LogP contribution is 2.32. The van der Waals surface area contributed by atoms with Crippen molar-refractivity contribution in [2.45, 2.75) is 19.1 Å². The zero-order valence-electron chi connectivity index (χ0n) is 16.0. The van der Waals surface area contributed by atoms with E-state index in [0.717, 1.165) is 26.9 Å². The number of hydrogen-bond donors (Lipinski definition) is 3. The lowest BCUT2D eigenvalue weighted by Gasteiger charge is -2.22. The van der Waals surface area contributed by atoms with Crippen LogP contribution in [-0.4, -0.2) is 27.2 Å². The Morgan fingerprint density at radius 2 is 2.00 bits per heavy atom. The summed E-state index contributed by atoms with van der Waals surface area (Å²) in [6.45, 7) is 1.64. The summed E-state index contributed by atoms with van der Waals surface area (Å²) in [4.78, 5) is 20.8. The molecule has 6 nitrogen and oxygen atoms in total. The number of anilines is 1. The molecule has 2 aromatic carbocycles. The van der Waals surface area contributed by atoms with Crippen molar-refractivity contribution in [3.8, 4) is 23.5 Å². The van der Waals surface area contributed by atoms with Crippen LogP contribution in [0.25, 0.3) is 21.3 Å². The molecule has 0 aliphatic heterocycles. The predicted octanol–water partition coefficient (Wildman–Crippen LogP) is 4.64. The molecule has 0 radical (unpaired) electrons. The van der Waals surface area contributed by atoms with E-state index < -0.39 is 18.2 Å². The van der Waals surface area contributed by atoms with Gasteiger partial charge in [0.1, 0.15) is 5.82 Å². The summed E-state index contributed by atoms with van der Waals surface area (Å²) in [7, 11) is 0. The molecule has 0 aliphatic carbocycles. The van der Waals surface area contributed by atoms with Crippen molar-refractivity contribution in [2.75, 3.05) is 5.32 Å². The fourth-order valence-corrected chi connectivity index (χ4v) is 4.54. The average molecular weight is 435 g/mol. The van der Waals surface area contributed by atoms with Gasteiger partial charge in [-0.15, -0.1) is 29.1 Å². The molecule has 1 unspecified atom stereocenters. The molecule has 2 heterocycles. The molecule has 2 atom stereocenters. The minimum atomic E-state index is -0.789. The molecule has 150 valence electrons. The van der Waals surface area contributed by atoms with Gasteiger partial charge in [0.15, 0.2) is 5.01 Å². The first-order valence-electron chi connectivity index (χ1n) is 9.15. The number of aliphatic hydroxyl groups excluding tert-OH is 1. The van der Waals surface area contributed by atoms with Crippen LogP contribution in [0.3, 0.4) is 0 Å². The molecule has 0 aliphatic rings. The lowest BCUT2D eigenvalue weighted by molar-refractivity contribution is 0.148. The number of hydrogen-bond acceptors (Lipinski definition) is 6. The normalized spacial score (nSPS) is 12.8. The van der Waals surface area contributed by atoms with Gasteiger partial charge in [0.05, 0.1) is 27.9 Å². The minimum absolute atomic E-state index is 0.378. The summed E-state index contributed by atoms with van der Waals surface area (Å²) in [6.07, 6.45) is 4.51. The highest BCUT2D eigenvalue weighted by Gasteiger charge is 2.20. The molecular formula is C22H18N4O2S2. The number of urea groups is 1. The van der Waals surface area contributed by atoms with Crippen LogP contribution in [0.2, 0.25) is 0 Å². The van der Waals surface area contributed by atoms with Crippen LogP contribution >= 0.6 is 22.7 Å². The lowest BCUT2D eigenvalue weighted by Crippen LogP contribution is -2.37. The van der Waals surface area contributed by atoms with Crippen molar-refractivity contribution in [3.05, 3.63) is 63.9 Å². The van der Waals surface area contributed by atoms with E-state index in [1.165, 1.54) is 11.3 Å². The number of thiazole rings is 2. The highest BCUT2D eigenvalue weighted by molar-refractivity contribution is 7.17. The molecule has 3 N–H and O–H groups in total. The summed E-state index contributed by atoms with van der Waals surface area (Å²) in [6, 6.07) is 12.8. The maximum absolute atomic E-state index is 12.4. The van der Waals surface area contributed by atoms with Crippen LogP contribution in [0, 0.1) is 12.3 Å². The number of nitrogens with one attached hydrogen (secondary N) is 2. The van der Waals surface area contributed by atoms with E-state index >= 15 is 0 Å². The van der Waals surface area contributed by atoms with Crippen LogP contribution in [0.15, 0.2) is 53.4 Å². The monoisotopic (exact) mass is 434 g/mol. The smallest absolute Gasteiger partial charge is 0.321 e. The first kappa shape index (κ1) is 20.0. The van der Waals surface area contributed by atoms with Crippen LogP contribution in [0.4, 0.5) is 10.6 Å². The fourth-order valence-electron chi connectivity index (χ4n) is 3.16. The lowest BCUT2D eigenvalue weighted by atomic mass is 9.98. The second-order valence-electron chi connectivity index (χ2n) is 6.63. The van der Waals surface area contributed by atoms with Crippen molar-refractivity contribution < 1.29 is 9.90 Å². The van der Waals surface area contributed by atoms with Crippen LogP contribution < -0.4 is 10.6 Å². The standard InChI is InChI=1S/C22H18N4O2S2/c1-3-19-24-18(11-29-19)25-22(28)26-20(13(2)27)15-9-7-14(8-10-15)16-5-4-6-17-21(16)30-12-23-17/h1,4-13,20,27H,2H3,(H2,25,26,28)/t13?,20-/m0/s1. The van der Waals surface area contributed by atoms with E-state index in [4.69, 9.17) is 6.42 Å². The molecule has 2 aromatic heterocycles. The maximum atomic E-state index is 12.4. The summed E-state index contributed by atoms with van der Waals surface area (Å²) in [5.41, 5.74) is 5.75. The van der Waals surface area contributed by atoms with Gasteiger partial charge >= 0.3 is 6.03 Å². The third-order valence-corrected chi connectivity index (χ3v) is 6.22. The van der Waals surface area contributed by atoms with Crippen molar-refractivity contribution in [3.63, 3.8) is 0 Å². The molecule has 0 fully saturated rings. The number of carbonyl (C=O) groups excluding carboxylic acids is 1. The highest BCUT2D eigenvalue weighted by atomic mass is 32.1. The molecule has 0 saturated heterocycles. The fraction of sp³-hybridized carbons (Fsp3) is 0.136. The number of benzene rings is 2. The Kier molecular flexibility index (Phi) is 5.77. The Bertz CT molecular complexity index is 1220. The van der Waals surface area contributed by atoms with E-state index in [0.29, 0.717) is 10.8 Å². The molecular weight excluding hydrogens is 416 g/mol. The molecule has 0 bridgehead atoms. The van der Waals surface area contributed by atoms with Crippen LogP contribution in [0.5, 0.6) is 0 Å². The number of carbonyl (C=O) groups is 1. The second kappa shape index (κ2) is 8.63. The molecule has 0 spiro atoms. The summed E-state index contributed by atoms with van der Waals surface area (Å²) in [5.74, 6) is 2.80. The third-order valence-electron chi connectivity index (χ3n) is 4.58. The Labute approximate surface area is 181 Å². The van der Waals surface area contributed by atoms with Gasteiger partial charge in [-0.05, 0) is 30.0 Å². The van der Waals surface area contributed by atoms with Crippen LogP contribution in [0.1, 0.15) is 23.5 Å². The Morgan fingerprint density at radius 1 is 1.20 bits per heavy atom. The molecule has 30 heavy (non-hydrogen) atoms. The number of nitrogens with zero attached hydrogens (tertiary/aromatic N) is 2. The van der Waals surface area contributed by atoms with Gasteiger partial charge < -0.3 is 10.4 Å². The van der Waals surface area contributed by atoms with Crippen molar-refractivity contribution in [1.29, 1.82) is 0 Å². The zero-order valence-corrected chi connectivity index (χ0v) is 17.6. The topological polar surface area (TPSA) is 87.1 Å². The van der Waals surface area contributed by atoms with Crippen molar-refractivity contribution in [2.24, 2.45) is 0 Å². The summed E-state index contributed by atoms with van der Waals surface area (Å²) in [5, 5.41) is 17.8. The van der Waals surface area contributed by atoms with Crippen molar-refractivity contribution >= 4 is 44.7 Å². The predicted molar refractivity (Wildman–Crippen MR) is 122 cm³/mol. The molecule has 0 saturated carbocycles. The number of aromatic nitrogens is 2. The number of fused-ring (bicyclic) bond motifs is 1. The van der Waals surface area contributed by atoms with Gasteiger partial charge in [-0.25, -0.2) is 14.8 Å². The first-order valence-corrected chi connectivity index (χ1v) is 10.9. The SMILES string of the molecule is C#Cc1nc(NC(=O)N[C@H](c2ccc(-c3cccc4ncsc34)cc2)C(C)O)cs1. The second-order valence-corrected chi connectivity index (χ2v) is 8.34. The van der Waals surface area contributed by atoms with Gasteiger partial charge in [-0.2, -0.15) is 0 Å². The van der Waals surface area contributed by atoms with Gasteiger partial charge in [0, 0.05) is 10.9 Å². The van der Waals surface area contributed by atoms with E-state index in [1.54, 1.807) is 23.6 Å². The third kappa shape index (κ3) is 4.19. The Balaban J connectivity index is 1.52. The molecule has 8 heteroatoms. The largest absolute Gasteiger partial charge is 0.391 e. The van der Waals surface area contributed by atoms with Crippen LogP contribution in [-0.2, 0) is 0 Å². The molecule has 2 amide bonds. The zero-order chi connectivity index (χ0) is 21.1. The van der Waals surface area contributed by atoms with Gasteiger partial charge in [0.2, 0.25) is 0 Å². The summed E-state index contributed by atoms with van der Waals surface area (Å²) < 4.78 is 1.13. The number of amides is 2. The number of aliphatic hydroxyl groups is 1. The van der Waals surface area contributed by atoms with Crippen molar-refractivity contribution in [1.82, 2.24) is 15.3 Å². The average Bonchev–Trinajstić information content (AvgIpc) is 3.41. The Morgan fingerprint density at radius 3 is 2.70 bits per heavy atom.